The average Bonchev–Trinajstić information content (AvgIpc) is 3.10. The monoisotopic (exact) mass is 380 g/mol. The number of hydrogen-bond donors (Lipinski definition) is 2. The summed E-state index contributed by atoms with van der Waals surface area (Å²) in [6.07, 6.45) is 0. The topological polar surface area (TPSA) is 96.2 Å². The van der Waals surface area contributed by atoms with Crippen LogP contribution in [0.15, 0.2) is 40.9 Å². The number of carbonyl (C=O) groups excluding carboxylic acids is 1. The lowest BCUT2D eigenvalue weighted by molar-refractivity contribution is 0.101. The molecule has 0 atom stereocenters. The summed E-state index contributed by atoms with van der Waals surface area (Å²) in [5.74, 6) is 1.71. The second-order valence-electron chi connectivity index (χ2n) is 6.34. The van der Waals surface area contributed by atoms with Crippen LogP contribution >= 0.6 is 0 Å². The van der Waals surface area contributed by atoms with E-state index in [1.807, 2.05) is 25.1 Å². The van der Waals surface area contributed by atoms with Crippen LogP contribution in [0.25, 0.3) is 0 Å². The molecule has 0 unspecified atom stereocenters. The Hall–Kier alpha value is -3.42. The molecule has 0 spiro atoms. The lowest BCUT2D eigenvalue weighted by Gasteiger charge is -2.20. The second-order valence-corrected chi connectivity index (χ2v) is 6.34. The van der Waals surface area contributed by atoms with E-state index in [1.165, 1.54) is 0 Å². The molecule has 1 aromatic carbocycles. The molecule has 2 aromatic heterocycles. The third-order valence-electron chi connectivity index (χ3n) is 4.19. The van der Waals surface area contributed by atoms with Crippen LogP contribution in [-0.4, -0.2) is 34.1 Å². The number of amides is 1. The molecular weight excluding hydrogens is 356 g/mol. The maximum Gasteiger partial charge on any atom is 0.277 e. The zero-order valence-electron chi connectivity index (χ0n) is 16.5. The van der Waals surface area contributed by atoms with Gasteiger partial charge in [-0.1, -0.05) is 5.16 Å². The molecule has 0 bridgehead atoms. The van der Waals surface area contributed by atoms with Gasteiger partial charge in [0.05, 0.1) is 0 Å². The first-order valence-electron chi connectivity index (χ1n) is 9.21. The molecule has 2 heterocycles. The van der Waals surface area contributed by atoms with Crippen molar-refractivity contribution < 1.29 is 9.32 Å². The van der Waals surface area contributed by atoms with E-state index in [-0.39, 0.29) is 11.6 Å². The third kappa shape index (κ3) is 4.64. The molecule has 3 rings (SSSR count). The van der Waals surface area contributed by atoms with Gasteiger partial charge in [-0.15, -0.1) is 0 Å². The molecule has 28 heavy (non-hydrogen) atoms. The van der Waals surface area contributed by atoms with Gasteiger partial charge in [-0.05, 0) is 52.0 Å². The Morgan fingerprint density at radius 3 is 2.32 bits per heavy atom. The number of carbonyl (C=O) groups is 1. The maximum absolute atomic E-state index is 12.1. The molecular formula is C20H24N6O2. The van der Waals surface area contributed by atoms with E-state index >= 15 is 0 Å². The molecule has 8 nitrogen and oxygen atoms in total. The summed E-state index contributed by atoms with van der Waals surface area (Å²) in [4.78, 5) is 23.4. The standard InChI is InChI=1S/C20H24N6O2/c1-5-26(6-2)18-11-13(3)21-20(24-18)23-16-9-7-15(8-10-16)22-19(27)17-12-14(4)28-25-17/h7-12H,5-6H2,1-4H3,(H,22,27)(H,21,23,24). The van der Waals surface area contributed by atoms with Crippen molar-refractivity contribution in [3.63, 3.8) is 0 Å². The molecule has 0 saturated heterocycles. The molecule has 1 amide bonds. The fourth-order valence-corrected chi connectivity index (χ4v) is 2.75. The second kappa shape index (κ2) is 8.51. The molecule has 0 radical (unpaired) electrons. The van der Waals surface area contributed by atoms with Crippen LogP contribution in [0.2, 0.25) is 0 Å². The molecule has 0 aliphatic heterocycles. The number of hydrogen-bond acceptors (Lipinski definition) is 7. The Labute approximate surface area is 164 Å². The number of nitrogens with zero attached hydrogens (tertiary/aromatic N) is 4. The Bertz CT molecular complexity index is 948. The van der Waals surface area contributed by atoms with Crippen LogP contribution in [-0.2, 0) is 0 Å². The molecule has 3 aromatic rings. The molecule has 0 aliphatic carbocycles. The quantitative estimate of drug-likeness (QED) is 0.641. The minimum atomic E-state index is -0.316. The molecule has 0 fully saturated rings. The summed E-state index contributed by atoms with van der Waals surface area (Å²) in [6.45, 7) is 9.65. The van der Waals surface area contributed by atoms with Gasteiger partial charge in [-0.3, -0.25) is 4.79 Å². The molecule has 0 aliphatic rings. The predicted octanol–water partition coefficient (Wildman–Crippen LogP) is 3.92. The first kappa shape index (κ1) is 19.3. The number of nitrogens with one attached hydrogen (secondary N) is 2. The van der Waals surface area contributed by atoms with Crippen molar-refractivity contribution in [3.05, 3.63) is 53.5 Å². The largest absolute Gasteiger partial charge is 0.361 e. The van der Waals surface area contributed by atoms with E-state index in [0.717, 1.165) is 30.3 Å². The zero-order valence-corrected chi connectivity index (χ0v) is 16.5. The van der Waals surface area contributed by atoms with Gasteiger partial charge in [0, 0.05) is 42.3 Å². The van der Waals surface area contributed by atoms with Crippen LogP contribution in [0.5, 0.6) is 0 Å². The van der Waals surface area contributed by atoms with Gasteiger partial charge in [0.2, 0.25) is 5.95 Å². The average molecular weight is 380 g/mol. The number of anilines is 4. The highest BCUT2D eigenvalue weighted by molar-refractivity contribution is 6.02. The van der Waals surface area contributed by atoms with E-state index in [0.29, 0.717) is 17.4 Å². The van der Waals surface area contributed by atoms with E-state index in [1.54, 1.807) is 25.1 Å². The van der Waals surface area contributed by atoms with Crippen LogP contribution in [0.4, 0.5) is 23.1 Å². The van der Waals surface area contributed by atoms with Gasteiger partial charge in [0.1, 0.15) is 11.6 Å². The van der Waals surface area contributed by atoms with Gasteiger partial charge in [-0.2, -0.15) is 4.98 Å². The summed E-state index contributed by atoms with van der Waals surface area (Å²) >= 11 is 0. The van der Waals surface area contributed by atoms with Gasteiger partial charge < -0.3 is 20.1 Å². The molecule has 8 heteroatoms. The fraction of sp³-hybridized carbons (Fsp3) is 0.300. The number of benzene rings is 1. The smallest absolute Gasteiger partial charge is 0.277 e. The van der Waals surface area contributed by atoms with Gasteiger partial charge >= 0.3 is 0 Å². The Morgan fingerprint density at radius 1 is 1.04 bits per heavy atom. The fourth-order valence-electron chi connectivity index (χ4n) is 2.75. The van der Waals surface area contributed by atoms with Crippen molar-refractivity contribution in [1.82, 2.24) is 15.1 Å². The lowest BCUT2D eigenvalue weighted by atomic mass is 10.2. The Morgan fingerprint density at radius 2 is 1.71 bits per heavy atom. The normalized spacial score (nSPS) is 10.6. The number of rotatable bonds is 7. The van der Waals surface area contributed by atoms with Crippen LogP contribution < -0.4 is 15.5 Å². The summed E-state index contributed by atoms with van der Waals surface area (Å²) in [5.41, 5.74) is 2.62. The number of aryl methyl sites for hydroxylation is 2. The molecule has 0 saturated carbocycles. The van der Waals surface area contributed by atoms with Crippen molar-refractivity contribution in [3.8, 4) is 0 Å². The van der Waals surface area contributed by atoms with Gasteiger partial charge in [0.15, 0.2) is 5.69 Å². The van der Waals surface area contributed by atoms with Crippen molar-refractivity contribution in [1.29, 1.82) is 0 Å². The zero-order chi connectivity index (χ0) is 20.1. The van der Waals surface area contributed by atoms with Crippen molar-refractivity contribution in [2.45, 2.75) is 27.7 Å². The highest BCUT2D eigenvalue weighted by Crippen LogP contribution is 2.20. The van der Waals surface area contributed by atoms with Gasteiger partial charge in [0.25, 0.3) is 5.91 Å². The predicted molar refractivity (Wildman–Crippen MR) is 109 cm³/mol. The summed E-state index contributed by atoms with van der Waals surface area (Å²) in [5, 5.41) is 9.71. The van der Waals surface area contributed by atoms with Crippen LogP contribution in [0.3, 0.4) is 0 Å². The highest BCUT2D eigenvalue weighted by Gasteiger charge is 2.11. The van der Waals surface area contributed by atoms with E-state index in [9.17, 15) is 4.79 Å². The van der Waals surface area contributed by atoms with Crippen molar-refractivity contribution in [2.75, 3.05) is 28.6 Å². The van der Waals surface area contributed by atoms with Gasteiger partial charge in [-0.25, -0.2) is 4.98 Å². The van der Waals surface area contributed by atoms with Crippen molar-refractivity contribution in [2.24, 2.45) is 0 Å². The lowest BCUT2D eigenvalue weighted by Crippen LogP contribution is -2.23. The van der Waals surface area contributed by atoms with Crippen molar-refractivity contribution >= 4 is 29.0 Å². The first-order valence-corrected chi connectivity index (χ1v) is 9.21. The molecule has 146 valence electrons. The Kier molecular flexibility index (Phi) is 5.88. The SMILES string of the molecule is CCN(CC)c1cc(C)nc(Nc2ccc(NC(=O)c3cc(C)on3)cc2)n1. The highest BCUT2D eigenvalue weighted by atomic mass is 16.5. The maximum atomic E-state index is 12.1. The van der Waals surface area contributed by atoms with E-state index in [4.69, 9.17) is 4.52 Å². The first-order chi connectivity index (χ1) is 13.5. The molecule has 2 N–H and O–H groups in total. The summed E-state index contributed by atoms with van der Waals surface area (Å²) in [6, 6.07) is 10.9. The van der Waals surface area contributed by atoms with E-state index < -0.39 is 0 Å². The number of aromatic nitrogens is 3. The third-order valence-corrected chi connectivity index (χ3v) is 4.19. The Balaban J connectivity index is 1.69. The summed E-state index contributed by atoms with van der Waals surface area (Å²) < 4.78 is 4.92. The summed E-state index contributed by atoms with van der Waals surface area (Å²) in [7, 11) is 0. The minimum Gasteiger partial charge on any atom is -0.361 e. The van der Waals surface area contributed by atoms with E-state index in [2.05, 4.69) is 44.5 Å². The van der Waals surface area contributed by atoms with Crippen LogP contribution in [0, 0.1) is 13.8 Å². The van der Waals surface area contributed by atoms with Crippen LogP contribution in [0.1, 0.15) is 35.8 Å². The minimum absolute atomic E-state index is 0.247.